The van der Waals surface area contributed by atoms with Crippen LogP contribution in [0, 0.1) is 0 Å². The van der Waals surface area contributed by atoms with Crippen LogP contribution in [0.25, 0.3) is 6.08 Å². The number of hydrogen-bond acceptors (Lipinski definition) is 5. The van der Waals surface area contributed by atoms with Gasteiger partial charge in [-0.2, -0.15) is 0 Å². The van der Waals surface area contributed by atoms with Crippen molar-refractivity contribution in [3.8, 4) is 0 Å². The highest BCUT2D eigenvalue weighted by atomic mass is 32.1. The maximum absolute atomic E-state index is 11.8. The fourth-order valence-corrected chi connectivity index (χ4v) is 2.28. The van der Waals surface area contributed by atoms with Gasteiger partial charge in [0.1, 0.15) is 5.69 Å². The summed E-state index contributed by atoms with van der Waals surface area (Å²) in [7, 11) is 0. The molecule has 0 aliphatic rings. The van der Waals surface area contributed by atoms with Crippen molar-refractivity contribution < 1.29 is 14.7 Å². The lowest BCUT2D eigenvalue weighted by Crippen LogP contribution is -2.23. The molecule has 2 heterocycles. The minimum atomic E-state index is -1.01. The molecule has 0 fully saturated rings. The highest BCUT2D eigenvalue weighted by Crippen LogP contribution is 2.18. The first-order valence-corrected chi connectivity index (χ1v) is 6.56. The summed E-state index contributed by atoms with van der Waals surface area (Å²) in [4.78, 5) is 30.9. The molecule has 0 saturated heterocycles. The van der Waals surface area contributed by atoms with E-state index < -0.39 is 5.97 Å². The lowest BCUT2D eigenvalue weighted by molar-refractivity contribution is -0.131. The molecule has 0 radical (unpaired) electrons. The Kier molecular flexibility index (Phi) is 4.56. The van der Waals surface area contributed by atoms with E-state index in [1.807, 2.05) is 5.38 Å². The van der Waals surface area contributed by atoms with E-state index in [9.17, 15) is 9.59 Å². The Morgan fingerprint density at radius 1 is 1.40 bits per heavy atom. The molecule has 102 valence electrons. The van der Waals surface area contributed by atoms with Crippen LogP contribution >= 0.6 is 11.3 Å². The van der Waals surface area contributed by atoms with E-state index in [0.717, 1.165) is 16.5 Å². The minimum absolute atomic E-state index is 0.242. The molecule has 7 heteroatoms. The average molecular weight is 289 g/mol. The fraction of sp³-hybridized carbons (Fsp3) is 0.0769. The molecule has 0 atom stereocenters. The fourth-order valence-electron chi connectivity index (χ4n) is 1.47. The number of thiophene rings is 1. The van der Waals surface area contributed by atoms with Gasteiger partial charge in [-0.05, 0) is 23.1 Å². The second-order valence-corrected chi connectivity index (χ2v) is 4.74. The van der Waals surface area contributed by atoms with Crippen molar-refractivity contribution in [2.75, 3.05) is 0 Å². The lowest BCUT2D eigenvalue weighted by Gasteiger charge is -2.03. The first kappa shape index (κ1) is 13.9. The molecule has 20 heavy (non-hydrogen) atoms. The first-order chi connectivity index (χ1) is 9.66. The van der Waals surface area contributed by atoms with Crippen LogP contribution in [0.3, 0.4) is 0 Å². The van der Waals surface area contributed by atoms with Gasteiger partial charge in [0.25, 0.3) is 5.91 Å². The van der Waals surface area contributed by atoms with E-state index in [0.29, 0.717) is 6.54 Å². The van der Waals surface area contributed by atoms with Crippen LogP contribution in [-0.4, -0.2) is 27.0 Å². The Morgan fingerprint density at radius 2 is 2.25 bits per heavy atom. The number of nitrogens with zero attached hydrogens (tertiary/aromatic N) is 2. The molecule has 0 aliphatic carbocycles. The van der Waals surface area contributed by atoms with Gasteiger partial charge >= 0.3 is 5.97 Å². The smallest absolute Gasteiger partial charge is 0.328 e. The summed E-state index contributed by atoms with van der Waals surface area (Å²) in [5, 5.41) is 13.2. The maximum atomic E-state index is 11.8. The van der Waals surface area contributed by atoms with Crippen LogP contribution in [0.4, 0.5) is 0 Å². The standard InChI is InChI=1S/C13H11N3O3S/c17-12(18)2-1-9-3-6-20-11(9)8-16-13(19)10-7-14-4-5-15-10/h1-7H,8H2,(H,16,19)(H,17,18)/b2-1+. The Balaban J connectivity index is 2.00. The third-order valence-electron chi connectivity index (χ3n) is 2.39. The second-order valence-electron chi connectivity index (χ2n) is 3.74. The lowest BCUT2D eigenvalue weighted by atomic mass is 10.2. The summed E-state index contributed by atoms with van der Waals surface area (Å²) >= 11 is 1.44. The normalized spacial score (nSPS) is 10.6. The van der Waals surface area contributed by atoms with Crippen LogP contribution in [0.5, 0.6) is 0 Å². The van der Waals surface area contributed by atoms with Gasteiger partial charge in [0.2, 0.25) is 0 Å². The van der Waals surface area contributed by atoms with E-state index in [1.54, 1.807) is 6.07 Å². The van der Waals surface area contributed by atoms with Gasteiger partial charge in [-0.25, -0.2) is 9.78 Å². The van der Waals surface area contributed by atoms with Crippen LogP contribution in [-0.2, 0) is 11.3 Å². The number of aliphatic carboxylic acids is 1. The van der Waals surface area contributed by atoms with E-state index in [4.69, 9.17) is 5.11 Å². The molecule has 0 spiro atoms. The molecular formula is C13H11N3O3S. The molecular weight excluding hydrogens is 278 g/mol. The van der Waals surface area contributed by atoms with Crippen LogP contribution in [0.2, 0.25) is 0 Å². The van der Waals surface area contributed by atoms with E-state index in [1.165, 1.54) is 36.0 Å². The van der Waals surface area contributed by atoms with Gasteiger partial charge < -0.3 is 10.4 Å². The molecule has 2 N–H and O–H groups in total. The van der Waals surface area contributed by atoms with E-state index in [2.05, 4.69) is 15.3 Å². The molecule has 0 bridgehead atoms. The topological polar surface area (TPSA) is 92.2 Å². The third kappa shape index (κ3) is 3.72. The number of aromatic nitrogens is 2. The minimum Gasteiger partial charge on any atom is -0.478 e. The quantitative estimate of drug-likeness (QED) is 0.815. The Labute approximate surface area is 118 Å². The highest BCUT2D eigenvalue weighted by molar-refractivity contribution is 7.10. The summed E-state index contributed by atoms with van der Waals surface area (Å²) in [6.07, 6.45) is 6.89. The second kappa shape index (κ2) is 6.58. The van der Waals surface area contributed by atoms with Crippen LogP contribution < -0.4 is 5.32 Å². The molecule has 2 aromatic heterocycles. The van der Waals surface area contributed by atoms with Crippen molar-refractivity contribution in [3.05, 3.63) is 52.2 Å². The molecule has 0 saturated carbocycles. The zero-order chi connectivity index (χ0) is 14.4. The molecule has 0 unspecified atom stereocenters. The number of carboxylic acid groups (broad SMARTS) is 1. The predicted molar refractivity (Wildman–Crippen MR) is 74.2 cm³/mol. The maximum Gasteiger partial charge on any atom is 0.328 e. The number of carbonyl (C=O) groups is 2. The molecule has 2 aromatic rings. The van der Waals surface area contributed by atoms with Crippen molar-refractivity contribution in [1.82, 2.24) is 15.3 Å². The van der Waals surface area contributed by atoms with Gasteiger partial charge in [0, 0.05) is 23.3 Å². The van der Waals surface area contributed by atoms with E-state index in [-0.39, 0.29) is 11.6 Å². The number of nitrogens with one attached hydrogen (secondary N) is 1. The van der Waals surface area contributed by atoms with Gasteiger partial charge in [-0.3, -0.25) is 9.78 Å². The predicted octanol–water partition coefficient (Wildman–Crippen LogP) is 1.57. The van der Waals surface area contributed by atoms with Gasteiger partial charge in [0.15, 0.2) is 0 Å². The first-order valence-electron chi connectivity index (χ1n) is 5.68. The highest BCUT2D eigenvalue weighted by Gasteiger charge is 2.08. The SMILES string of the molecule is O=C(O)/C=C/c1ccsc1CNC(=O)c1cnccn1. The Bertz CT molecular complexity index is 637. The number of carboxylic acids is 1. The largest absolute Gasteiger partial charge is 0.478 e. The van der Waals surface area contributed by atoms with Gasteiger partial charge in [-0.15, -0.1) is 11.3 Å². The monoisotopic (exact) mass is 289 g/mol. The summed E-state index contributed by atoms with van der Waals surface area (Å²) in [5.41, 5.74) is 1.02. The van der Waals surface area contributed by atoms with Crippen molar-refractivity contribution in [1.29, 1.82) is 0 Å². The zero-order valence-corrected chi connectivity index (χ0v) is 11.1. The summed E-state index contributed by atoms with van der Waals surface area (Å²) in [5.74, 6) is -1.33. The molecule has 0 aromatic carbocycles. The van der Waals surface area contributed by atoms with Gasteiger partial charge in [0.05, 0.1) is 12.7 Å². The molecule has 1 amide bonds. The van der Waals surface area contributed by atoms with Crippen LogP contribution in [0.1, 0.15) is 20.9 Å². The number of rotatable bonds is 5. The van der Waals surface area contributed by atoms with E-state index >= 15 is 0 Å². The Hall–Kier alpha value is -2.54. The number of carbonyl (C=O) groups excluding carboxylic acids is 1. The van der Waals surface area contributed by atoms with Crippen molar-refractivity contribution in [2.45, 2.75) is 6.54 Å². The van der Waals surface area contributed by atoms with Crippen molar-refractivity contribution in [2.24, 2.45) is 0 Å². The average Bonchev–Trinajstić information content (AvgIpc) is 2.91. The number of hydrogen-bond donors (Lipinski definition) is 2. The molecule has 0 aliphatic heterocycles. The summed E-state index contributed by atoms with van der Waals surface area (Å²) in [6.45, 7) is 0.312. The van der Waals surface area contributed by atoms with Crippen molar-refractivity contribution >= 4 is 29.3 Å². The summed E-state index contributed by atoms with van der Waals surface area (Å²) < 4.78 is 0. The molecule has 2 rings (SSSR count). The molecule has 6 nitrogen and oxygen atoms in total. The number of amides is 1. The van der Waals surface area contributed by atoms with Gasteiger partial charge in [-0.1, -0.05) is 0 Å². The third-order valence-corrected chi connectivity index (χ3v) is 3.33. The van der Waals surface area contributed by atoms with Crippen molar-refractivity contribution in [3.63, 3.8) is 0 Å². The zero-order valence-electron chi connectivity index (χ0n) is 10.3. The Morgan fingerprint density at radius 3 is 2.95 bits per heavy atom. The summed E-state index contributed by atoms with van der Waals surface area (Å²) in [6, 6.07) is 1.80. The van der Waals surface area contributed by atoms with Crippen LogP contribution in [0.15, 0.2) is 36.1 Å².